The molecule has 156 valence electrons. The van der Waals surface area contributed by atoms with Gasteiger partial charge in [-0.1, -0.05) is 29.8 Å². The Kier molecular flexibility index (Phi) is 6.31. The second-order valence-electron chi connectivity index (χ2n) is 6.25. The van der Waals surface area contributed by atoms with E-state index in [0.717, 1.165) is 18.5 Å². The molecule has 4 nitrogen and oxygen atoms in total. The molecule has 3 rings (SSSR count). The summed E-state index contributed by atoms with van der Waals surface area (Å²) in [4.78, 5) is 19.1. The Bertz CT molecular complexity index is 1020. The summed E-state index contributed by atoms with van der Waals surface area (Å²) in [6, 6.07) is 8.93. The molecule has 10 heteroatoms. The van der Waals surface area contributed by atoms with E-state index in [1.807, 2.05) is 0 Å². The van der Waals surface area contributed by atoms with Crippen LogP contribution in [0.2, 0.25) is 5.02 Å². The van der Waals surface area contributed by atoms with Gasteiger partial charge in [0.05, 0.1) is 10.6 Å². The average molecular weight is 442 g/mol. The first-order chi connectivity index (χ1) is 14.2. The fourth-order valence-electron chi connectivity index (χ4n) is 2.79. The first kappa shape index (κ1) is 21.6. The van der Waals surface area contributed by atoms with Crippen LogP contribution in [0.4, 0.5) is 22.0 Å². The number of hydrogen-bond donors (Lipinski definition) is 1. The summed E-state index contributed by atoms with van der Waals surface area (Å²) in [5.41, 5.74) is 0.370. The molecule has 1 amide bonds. The van der Waals surface area contributed by atoms with E-state index in [9.17, 15) is 26.7 Å². The summed E-state index contributed by atoms with van der Waals surface area (Å²) >= 11 is 5.88. The highest BCUT2D eigenvalue weighted by molar-refractivity contribution is 6.33. The molecule has 3 aromatic rings. The van der Waals surface area contributed by atoms with Crippen molar-refractivity contribution in [3.63, 3.8) is 0 Å². The summed E-state index contributed by atoms with van der Waals surface area (Å²) < 4.78 is 65.4. The molecule has 0 fully saturated rings. The largest absolute Gasteiger partial charge is 0.451 e. The van der Waals surface area contributed by atoms with Gasteiger partial charge < -0.3 is 5.32 Å². The van der Waals surface area contributed by atoms with Crippen LogP contribution < -0.4 is 5.32 Å². The van der Waals surface area contributed by atoms with E-state index < -0.39 is 35.5 Å². The molecule has 30 heavy (non-hydrogen) atoms. The summed E-state index contributed by atoms with van der Waals surface area (Å²) in [7, 11) is 0. The van der Waals surface area contributed by atoms with Crippen molar-refractivity contribution in [3.05, 3.63) is 94.0 Å². The second-order valence-corrected chi connectivity index (χ2v) is 6.66. The smallest absolute Gasteiger partial charge is 0.351 e. The molecule has 1 aromatic heterocycles. The Morgan fingerprint density at radius 1 is 1.00 bits per heavy atom. The lowest BCUT2D eigenvalue weighted by Crippen LogP contribution is -2.30. The zero-order valence-electron chi connectivity index (χ0n) is 15.1. The fraction of sp³-hybridized carbons (Fsp3) is 0.150. The molecule has 0 aliphatic rings. The van der Waals surface area contributed by atoms with Crippen LogP contribution in [-0.2, 0) is 6.18 Å². The molecule has 1 heterocycles. The number of aromatic nitrogens is 2. The average Bonchev–Trinajstić information content (AvgIpc) is 2.69. The monoisotopic (exact) mass is 441 g/mol. The zero-order valence-corrected chi connectivity index (χ0v) is 15.8. The van der Waals surface area contributed by atoms with Crippen molar-refractivity contribution in [1.29, 1.82) is 0 Å². The van der Waals surface area contributed by atoms with Gasteiger partial charge >= 0.3 is 6.18 Å². The van der Waals surface area contributed by atoms with Crippen LogP contribution in [0, 0.1) is 11.6 Å². The van der Waals surface area contributed by atoms with Crippen LogP contribution in [0.25, 0.3) is 0 Å². The van der Waals surface area contributed by atoms with E-state index in [-0.39, 0.29) is 22.7 Å². The maximum atomic E-state index is 14.0. The summed E-state index contributed by atoms with van der Waals surface area (Å²) in [6.45, 7) is -0.149. The van der Waals surface area contributed by atoms with E-state index >= 15 is 0 Å². The van der Waals surface area contributed by atoms with Crippen molar-refractivity contribution < 1.29 is 26.7 Å². The summed E-state index contributed by atoms with van der Waals surface area (Å²) in [5, 5.41) is 2.41. The zero-order chi connectivity index (χ0) is 21.9. The normalized spacial score (nSPS) is 12.5. The molecule has 1 N–H and O–H groups in total. The Morgan fingerprint density at radius 2 is 1.63 bits per heavy atom. The molecular formula is C20H13ClF5N3O. The number of benzene rings is 2. The van der Waals surface area contributed by atoms with E-state index in [4.69, 9.17) is 11.6 Å². The third-order valence-corrected chi connectivity index (χ3v) is 4.57. The number of carbonyl (C=O) groups is 1. The minimum absolute atomic E-state index is 0.0938. The summed E-state index contributed by atoms with van der Waals surface area (Å²) in [6.07, 6.45) is -2.75. The predicted molar refractivity (Wildman–Crippen MR) is 99.0 cm³/mol. The Balaban J connectivity index is 1.89. The maximum Gasteiger partial charge on any atom is 0.451 e. The van der Waals surface area contributed by atoms with Crippen LogP contribution in [-0.4, -0.2) is 22.4 Å². The highest BCUT2D eigenvalue weighted by Gasteiger charge is 2.34. The first-order valence-corrected chi connectivity index (χ1v) is 8.91. The minimum atomic E-state index is -4.71. The number of carbonyl (C=O) groups excluding carboxylic acids is 1. The van der Waals surface area contributed by atoms with Gasteiger partial charge in [0, 0.05) is 24.9 Å². The van der Waals surface area contributed by atoms with Gasteiger partial charge in [0.25, 0.3) is 5.91 Å². The third kappa shape index (κ3) is 4.91. The molecule has 0 bridgehead atoms. The molecule has 0 radical (unpaired) electrons. The van der Waals surface area contributed by atoms with Gasteiger partial charge in [-0.3, -0.25) is 4.79 Å². The van der Waals surface area contributed by atoms with Crippen molar-refractivity contribution in [2.45, 2.75) is 12.1 Å². The molecule has 0 spiro atoms. The van der Waals surface area contributed by atoms with E-state index in [2.05, 4.69) is 15.3 Å². The van der Waals surface area contributed by atoms with Crippen molar-refractivity contribution in [1.82, 2.24) is 15.3 Å². The molecule has 0 aliphatic heterocycles. The van der Waals surface area contributed by atoms with Crippen molar-refractivity contribution >= 4 is 17.5 Å². The van der Waals surface area contributed by atoms with Crippen LogP contribution >= 0.6 is 11.6 Å². The number of hydrogen-bond acceptors (Lipinski definition) is 3. The molecule has 2 aromatic carbocycles. The molecule has 0 saturated carbocycles. The van der Waals surface area contributed by atoms with Gasteiger partial charge in [-0.05, 0) is 35.4 Å². The van der Waals surface area contributed by atoms with Crippen LogP contribution in [0.1, 0.15) is 33.2 Å². The highest BCUT2D eigenvalue weighted by Crippen LogP contribution is 2.28. The third-order valence-electron chi connectivity index (χ3n) is 4.26. The van der Waals surface area contributed by atoms with Gasteiger partial charge in [0.1, 0.15) is 11.6 Å². The highest BCUT2D eigenvalue weighted by atomic mass is 35.5. The van der Waals surface area contributed by atoms with E-state index in [1.54, 1.807) is 0 Å². The minimum Gasteiger partial charge on any atom is -0.351 e. The molecule has 0 saturated heterocycles. The Labute approximate surface area is 172 Å². The first-order valence-electron chi connectivity index (χ1n) is 8.53. The van der Waals surface area contributed by atoms with Crippen LogP contribution in [0.5, 0.6) is 0 Å². The van der Waals surface area contributed by atoms with Crippen LogP contribution in [0.15, 0.2) is 54.9 Å². The van der Waals surface area contributed by atoms with Crippen molar-refractivity contribution in [3.8, 4) is 0 Å². The SMILES string of the molecule is O=C(NCC(c1ccc(F)cc1)c1cnc(C(F)(F)F)nc1)c1c(F)cccc1Cl. The van der Waals surface area contributed by atoms with Gasteiger partial charge in [-0.15, -0.1) is 0 Å². The Hall–Kier alpha value is -3.07. The predicted octanol–water partition coefficient (Wildman–Crippen LogP) is 4.99. The van der Waals surface area contributed by atoms with Gasteiger partial charge in [0.15, 0.2) is 0 Å². The number of nitrogens with one attached hydrogen (secondary N) is 1. The van der Waals surface area contributed by atoms with Crippen LogP contribution in [0.3, 0.4) is 0 Å². The lowest BCUT2D eigenvalue weighted by Gasteiger charge is -2.19. The van der Waals surface area contributed by atoms with Gasteiger partial charge in [-0.2, -0.15) is 13.2 Å². The quantitative estimate of drug-likeness (QED) is 0.568. The summed E-state index contributed by atoms with van der Waals surface area (Å²) in [5.74, 6) is -4.17. The maximum absolute atomic E-state index is 14.0. The fourth-order valence-corrected chi connectivity index (χ4v) is 3.03. The molecule has 0 aliphatic carbocycles. The Morgan fingerprint density at radius 3 is 2.20 bits per heavy atom. The van der Waals surface area contributed by atoms with E-state index in [0.29, 0.717) is 5.56 Å². The number of halogens is 6. The number of amides is 1. The van der Waals surface area contributed by atoms with Gasteiger partial charge in [0.2, 0.25) is 5.82 Å². The lowest BCUT2D eigenvalue weighted by molar-refractivity contribution is -0.145. The van der Waals surface area contributed by atoms with E-state index in [1.165, 1.54) is 36.4 Å². The molecular weight excluding hydrogens is 429 g/mol. The topological polar surface area (TPSA) is 54.9 Å². The van der Waals surface area contributed by atoms with Crippen molar-refractivity contribution in [2.24, 2.45) is 0 Å². The number of nitrogens with zero attached hydrogens (tertiary/aromatic N) is 2. The van der Waals surface area contributed by atoms with Crippen molar-refractivity contribution in [2.75, 3.05) is 6.54 Å². The molecule has 1 unspecified atom stereocenters. The van der Waals surface area contributed by atoms with Gasteiger partial charge in [-0.25, -0.2) is 18.7 Å². The second kappa shape index (κ2) is 8.74. The standard InChI is InChI=1S/C20H13ClF5N3O/c21-15-2-1-3-16(23)17(15)18(30)27-10-14(11-4-6-13(22)7-5-11)12-8-28-19(29-9-12)20(24,25)26/h1-9,14H,10H2,(H,27,30). The lowest BCUT2D eigenvalue weighted by atomic mass is 9.93. The molecule has 1 atom stereocenters. The number of rotatable bonds is 5. The number of alkyl halides is 3.